The van der Waals surface area contributed by atoms with Gasteiger partial charge in [0, 0.05) is 44.5 Å². The Morgan fingerprint density at radius 1 is 1.38 bits per heavy atom. The van der Waals surface area contributed by atoms with Crippen LogP contribution in [0.1, 0.15) is 22.0 Å². The first-order valence-electron chi connectivity index (χ1n) is 8.14. The number of amides is 1. The third-order valence-corrected chi connectivity index (χ3v) is 4.60. The topological polar surface area (TPSA) is 66.3 Å². The van der Waals surface area contributed by atoms with Gasteiger partial charge in [-0.05, 0) is 31.8 Å². The van der Waals surface area contributed by atoms with Gasteiger partial charge in [-0.25, -0.2) is 4.68 Å². The van der Waals surface area contributed by atoms with Crippen LogP contribution in [-0.2, 0) is 6.54 Å². The highest BCUT2D eigenvalue weighted by atomic mass is 16.1. The maximum absolute atomic E-state index is 11.8. The molecule has 7 heteroatoms. The quantitative estimate of drug-likeness (QED) is 0.872. The molecule has 1 N–H and O–H groups in total. The van der Waals surface area contributed by atoms with Crippen molar-refractivity contribution < 1.29 is 4.79 Å². The number of aromatic nitrogens is 3. The van der Waals surface area contributed by atoms with E-state index in [9.17, 15) is 4.79 Å². The predicted octanol–water partition coefficient (Wildman–Crippen LogP) is 0.625. The lowest BCUT2D eigenvalue weighted by Gasteiger charge is -2.24. The molecule has 128 valence electrons. The molecule has 2 atom stereocenters. The summed E-state index contributed by atoms with van der Waals surface area (Å²) in [5.41, 5.74) is 1.85. The van der Waals surface area contributed by atoms with E-state index in [1.807, 2.05) is 29.1 Å². The molecule has 1 aliphatic heterocycles. The summed E-state index contributed by atoms with van der Waals surface area (Å²) in [5.74, 6) is -0.0510. The number of rotatable bonds is 5. The van der Waals surface area contributed by atoms with E-state index in [0.717, 1.165) is 25.2 Å². The second kappa shape index (κ2) is 7.11. The summed E-state index contributed by atoms with van der Waals surface area (Å²) in [5, 5.41) is 10.8. The zero-order valence-electron chi connectivity index (χ0n) is 14.4. The number of likely N-dealkylation sites (tertiary alicyclic amines) is 1. The molecule has 24 heavy (non-hydrogen) atoms. The molecule has 0 spiro atoms. The number of benzene rings is 1. The van der Waals surface area contributed by atoms with Crippen molar-refractivity contribution in [2.24, 2.45) is 0 Å². The summed E-state index contributed by atoms with van der Waals surface area (Å²) in [6.07, 6.45) is 3.65. The first-order chi connectivity index (χ1) is 11.6. The van der Waals surface area contributed by atoms with Crippen LogP contribution >= 0.6 is 0 Å². The van der Waals surface area contributed by atoms with E-state index < -0.39 is 0 Å². The van der Waals surface area contributed by atoms with Crippen molar-refractivity contribution in [3.05, 3.63) is 47.8 Å². The van der Waals surface area contributed by atoms with Crippen LogP contribution in [0.3, 0.4) is 0 Å². The molecular weight excluding hydrogens is 304 g/mol. The maximum atomic E-state index is 11.8. The number of carbonyl (C=O) groups is 1. The number of likely N-dealkylation sites (N-methyl/N-ethyl adjacent to an activating group) is 1. The Balaban J connectivity index is 1.73. The van der Waals surface area contributed by atoms with Gasteiger partial charge in [0.05, 0.1) is 12.2 Å². The van der Waals surface area contributed by atoms with E-state index in [4.69, 9.17) is 0 Å². The molecule has 0 unspecified atom stereocenters. The van der Waals surface area contributed by atoms with Gasteiger partial charge in [-0.2, -0.15) is 0 Å². The first kappa shape index (κ1) is 16.6. The smallest absolute Gasteiger partial charge is 0.251 e. The Bertz CT molecular complexity index is 684. The molecule has 1 aliphatic rings. The van der Waals surface area contributed by atoms with Gasteiger partial charge in [-0.15, -0.1) is 5.10 Å². The molecule has 0 radical (unpaired) electrons. The van der Waals surface area contributed by atoms with E-state index in [-0.39, 0.29) is 11.9 Å². The van der Waals surface area contributed by atoms with E-state index in [0.29, 0.717) is 11.6 Å². The summed E-state index contributed by atoms with van der Waals surface area (Å²) < 4.78 is 1.95. The van der Waals surface area contributed by atoms with Gasteiger partial charge in [0.25, 0.3) is 5.91 Å². The minimum absolute atomic E-state index is 0.0510. The summed E-state index contributed by atoms with van der Waals surface area (Å²) >= 11 is 0. The van der Waals surface area contributed by atoms with Gasteiger partial charge in [-0.3, -0.25) is 9.69 Å². The molecule has 1 fully saturated rings. The molecule has 7 nitrogen and oxygen atoms in total. The number of hydrogen-bond donors (Lipinski definition) is 1. The zero-order chi connectivity index (χ0) is 17.1. The molecule has 2 aromatic rings. The predicted molar refractivity (Wildman–Crippen MR) is 91.6 cm³/mol. The Kier molecular flexibility index (Phi) is 4.92. The van der Waals surface area contributed by atoms with Gasteiger partial charge in [0.2, 0.25) is 0 Å². The molecule has 0 bridgehead atoms. The standard InChI is InChI=1S/C17H24N6O/c1-18-17(24)14-6-4-5-13(9-14)10-22-11-15(21(2)3)16(12-22)23-8-7-19-20-23/h4-9,15-16H,10-12H2,1-3H3,(H,18,24)/t15-,16+/m1/s1. The second-order valence-corrected chi connectivity index (χ2v) is 6.45. The molecule has 1 aromatic carbocycles. The van der Waals surface area contributed by atoms with Crippen LogP contribution in [-0.4, -0.2) is 71.0 Å². The van der Waals surface area contributed by atoms with Gasteiger partial charge in [-0.1, -0.05) is 17.3 Å². The fraction of sp³-hybridized carbons (Fsp3) is 0.471. The van der Waals surface area contributed by atoms with Crippen molar-refractivity contribution in [3.63, 3.8) is 0 Å². The van der Waals surface area contributed by atoms with Crippen molar-refractivity contribution in [2.75, 3.05) is 34.2 Å². The third-order valence-electron chi connectivity index (χ3n) is 4.60. The highest BCUT2D eigenvalue weighted by Crippen LogP contribution is 2.26. The highest BCUT2D eigenvalue weighted by molar-refractivity contribution is 5.94. The molecule has 0 aliphatic carbocycles. The SMILES string of the molecule is CNC(=O)c1cccc(CN2C[C@@H](N(C)C)[C@@H](n3ccnn3)C2)c1. The van der Waals surface area contributed by atoms with Crippen LogP contribution in [0.2, 0.25) is 0 Å². The lowest BCUT2D eigenvalue weighted by Crippen LogP contribution is -2.36. The Morgan fingerprint density at radius 3 is 2.88 bits per heavy atom. The Labute approximate surface area is 142 Å². The molecule has 1 saturated heterocycles. The largest absolute Gasteiger partial charge is 0.355 e. The summed E-state index contributed by atoms with van der Waals surface area (Å²) in [6.45, 7) is 2.69. The maximum Gasteiger partial charge on any atom is 0.251 e. The van der Waals surface area contributed by atoms with Crippen molar-refractivity contribution >= 4 is 5.91 Å². The van der Waals surface area contributed by atoms with Gasteiger partial charge in [0.1, 0.15) is 0 Å². The summed E-state index contributed by atoms with van der Waals surface area (Å²) in [6, 6.07) is 8.48. The number of nitrogens with one attached hydrogen (secondary N) is 1. The van der Waals surface area contributed by atoms with Crippen LogP contribution in [0.5, 0.6) is 0 Å². The van der Waals surface area contributed by atoms with Crippen LogP contribution in [0.4, 0.5) is 0 Å². The average molecular weight is 328 g/mol. The first-order valence-corrected chi connectivity index (χ1v) is 8.14. The van der Waals surface area contributed by atoms with Crippen LogP contribution in [0.25, 0.3) is 0 Å². The van der Waals surface area contributed by atoms with E-state index in [2.05, 4.69) is 45.6 Å². The number of nitrogens with zero attached hydrogens (tertiary/aromatic N) is 5. The Morgan fingerprint density at radius 2 is 2.21 bits per heavy atom. The van der Waals surface area contributed by atoms with Crippen molar-refractivity contribution in [1.29, 1.82) is 0 Å². The fourth-order valence-electron chi connectivity index (χ4n) is 3.35. The van der Waals surface area contributed by atoms with Crippen molar-refractivity contribution in [1.82, 2.24) is 30.1 Å². The van der Waals surface area contributed by atoms with Crippen LogP contribution in [0, 0.1) is 0 Å². The molecule has 0 saturated carbocycles. The van der Waals surface area contributed by atoms with Crippen molar-refractivity contribution in [3.8, 4) is 0 Å². The zero-order valence-corrected chi connectivity index (χ0v) is 14.4. The summed E-state index contributed by atoms with van der Waals surface area (Å²) in [7, 11) is 5.86. The molecule has 2 heterocycles. The Hall–Kier alpha value is -2.25. The third kappa shape index (κ3) is 3.47. The van der Waals surface area contributed by atoms with E-state index in [1.54, 1.807) is 13.2 Å². The normalized spacial score (nSPS) is 21.3. The minimum atomic E-state index is -0.0510. The number of hydrogen-bond acceptors (Lipinski definition) is 5. The van der Waals surface area contributed by atoms with Crippen LogP contribution in [0.15, 0.2) is 36.7 Å². The highest BCUT2D eigenvalue weighted by Gasteiger charge is 2.35. The van der Waals surface area contributed by atoms with E-state index >= 15 is 0 Å². The molecule has 3 rings (SSSR count). The second-order valence-electron chi connectivity index (χ2n) is 6.45. The van der Waals surface area contributed by atoms with Gasteiger partial charge in [0.15, 0.2) is 0 Å². The molecule has 1 amide bonds. The van der Waals surface area contributed by atoms with Gasteiger partial charge >= 0.3 is 0 Å². The number of carbonyl (C=O) groups excluding carboxylic acids is 1. The van der Waals surface area contributed by atoms with Crippen molar-refractivity contribution in [2.45, 2.75) is 18.6 Å². The fourth-order valence-corrected chi connectivity index (χ4v) is 3.35. The summed E-state index contributed by atoms with van der Waals surface area (Å²) in [4.78, 5) is 16.4. The lowest BCUT2D eigenvalue weighted by molar-refractivity contribution is 0.0963. The van der Waals surface area contributed by atoms with Crippen LogP contribution < -0.4 is 5.32 Å². The van der Waals surface area contributed by atoms with Gasteiger partial charge < -0.3 is 10.2 Å². The average Bonchev–Trinajstić information content (AvgIpc) is 3.23. The van der Waals surface area contributed by atoms with E-state index in [1.165, 1.54) is 0 Å². The monoisotopic (exact) mass is 328 g/mol. The molecular formula is C17H24N6O. The minimum Gasteiger partial charge on any atom is -0.355 e. The molecule has 1 aromatic heterocycles. The lowest BCUT2D eigenvalue weighted by atomic mass is 10.1.